The number of nitrogens with two attached hydrogens (primary N) is 1. The smallest absolute Gasteiger partial charge is 0.259 e. The van der Waals surface area contributed by atoms with Gasteiger partial charge in [-0.15, -0.1) is 12.4 Å². The van der Waals surface area contributed by atoms with Crippen LogP contribution in [0.4, 0.5) is 0 Å². The lowest BCUT2D eigenvalue weighted by Gasteiger charge is -2.17. The third kappa shape index (κ3) is 2.89. The van der Waals surface area contributed by atoms with Gasteiger partial charge < -0.3 is 15.2 Å². The second kappa shape index (κ2) is 6.33. The van der Waals surface area contributed by atoms with E-state index in [9.17, 15) is 4.79 Å². The van der Waals surface area contributed by atoms with Crippen molar-refractivity contribution in [2.24, 2.45) is 5.73 Å². The predicted molar refractivity (Wildman–Crippen MR) is 93.6 cm³/mol. The summed E-state index contributed by atoms with van der Waals surface area (Å²) in [5.74, 6) is 0.661. The number of pyridine rings is 1. The number of carbonyl (C=O) groups is 1. The van der Waals surface area contributed by atoms with Gasteiger partial charge in [-0.25, -0.2) is 4.98 Å². The summed E-state index contributed by atoms with van der Waals surface area (Å²) in [5, 5.41) is 4.94. The number of hydrogen-bond donors (Lipinski definition) is 1. The minimum absolute atomic E-state index is 0. The molecule has 24 heavy (non-hydrogen) atoms. The molecule has 0 unspecified atom stereocenters. The van der Waals surface area contributed by atoms with Crippen LogP contribution in [0, 0.1) is 0 Å². The average Bonchev–Trinajstić information content (AvgIpc) is 3.14. The summed E-state index contributed by atoms with van der Waals surface area (Å²) < 4.78 is 5.45. The van der Waals surface area contributed by atoms with E-state index < -0.39 is 0 Å². The van der Waals surface area contributed by atoms with Gasteiger partial charge in [0.1, 0.15) is 0 Å². The van der Waals surface area contributed by atoms with Crippen LogP contribution in [0.3, 0.4) is 0 Å². The van der Waals surface area contributed by atoms with Gasteiger partial charge in [0.05, 0.1) is 16.6 Å². The first-order valence-electron chi connectivity index (χ1n) is 8.39. The fourth-order valence-electron chi connectivity index (χ4n) is 3.29. The van der Waals surface area contributed by atoms with Crippen molar-refractivity contribution in [1.82, 2.24) is 15.0 Å². The van der Waals surface area contributed by atoms with Crippen molar-refractivity contribution in [2.75, 3.05) is 13.1 Å². The number of likely N-dealkylation sites (tertiary alicyclic amines) is 1. The van der Waals surface area contributed by atoms with Crippen LogP contribution < -0.4 is 5.73 Å². The molecule has 0 radical (unpaired) electrons. The predicted octanol–water partition coefficient (Wildman–Crippen LogP) is 2.82. The molecule has 1 aliphatic heterocycles. The number of hydrogen-bond acceptors (Lipinski definition) is 5. The minimum Gasteiger partial charge on any atom is -0.337 e. The van der Waals surface area contributed by atoms with E-state index in [0.717, 1.165) is 36.0 Å². The highest BCUT2D eigenvalue weighted by Gasteiger charge is 2.32. The number of halogens is 1. The fraction of sp³-hybridized carbons (Fsp3) is 0.588. The van der Waals surface area contributed by atoms with Crippen molar-refractivity contribution >= 4 is 29.4 Å². The van der Waals surface area contributed by atoms with Crippen LogP contribution in [-0.4, -0.2) is 40.1 Å². The molecule has 7 heteroatoms. The van der Waals surface area contributed by atoms with Crippen molar-refractivity contribution in [3.63, 3.8) is 0 Å². The van der Waals surface area contributed by atoms with E-state index in [2.05, 4.69) is 10.1 Å². The molecule has 0 aromatic carbocycles. The second-order valence-corrected chi connectivity index (χ2v) is 7.07. The quantitative estimate of drug-likeness (QED) is 0.919. The Morgan fingerprint density at radius 3 is 2.71 bits per heavy atom. The molecular formula is C17H23ClN4O2. The molecule has 4 rings (SSSR count). The zero-order chi connectivity index (χ0) is 16.1. The lowest BCUT2D eigenvalue weighted by atomic mass is 10.0. The summed E-state index contributed by atoms with van der Waals surface area (Å²) in [5.41, 5.74) is 8.89. The molecule has 130 valence electrons. The molecule has 1 saturated heterocycles. The summed E-state index contributed by atoms with van der Waals surface area (Å²) >= 11 is 0. The average molecular weight is 351 g/mol. The molecule has 1 saturated carbocycles. The van der Waals surface area contributed by atoms with E-state index in [4.69, 9.17) is 10.3 Å². The summed E-state index contributed by atoms with van der Waals surface area (Å²) in [6.07, 6.45) is 3.12. The molecule has 6 nitrogen and oxygen atoms in total. The fourth-order valence-corrected chi connectivity index (χ4v) is 3.29. The topological polar surface area (TPSA) is 85.2 Å². The Bertz CT molecular complexity index is 769. The van der Waals surface area contributed by atoms with E-state index in [1.54, 1.807) is 0 Å². The molecule has 2 aliphatic rings. The number of nitrogens with zero attached hydrogens (tertiary/aromatic N) is 3. The Morgan fingerprint density at radius 1 is 1.38 bits per heavy atom. The first-order chi connectivity index (χ1) is 11.0. The molecule has 1 amide bonds. The molecule has 2 aromatic heterocycles. The summed E-state index contributed by atoms with van der Waals surface area (Å²) in [4.78, 5) is 19.5. The Kier molecular flexibility index (Phi) is 4.53. The third-order valence-electron chi connectivity index (χ3n) is 4.78. The van der Waals surface area contributed by atoms with Gasteiger partial charge in [0, 0.05) is 30.7 Å². The van der Waals surface area contributed by atoms with Gasteiger partial charge in [-0.3, -0.25) is 4.79 Å². The van der Waals surface area contributed by atoms with Crippen LogP contribution in [0.1, 0.15) is 66.7 Å². The molecular weight excluding hydrogens is 328 g/mol. The van der Waals surface area contributed by atoms with Gasteiger partial charge in [0.2, 0.25) is 0 Å². The number of carbonyl (C=O) groups excluding carboxylic acids is 1. The van der Waals surface area contributed by atoms with Crippen LogP contribution in [0.5, 0.6) is 0 Å². The molecule has 1 aliphatic carbocycles. The monoisotopic (exact) mass is 350 g/mol. The minimum atomic E-state index is 0. The summed E-state index contributed by atoms with van der Waals surface area (Å²) in [6, 6.07) is 2.03. The maximum Gasteiger partial charge on any atom is 0.259 e. The number of aromatic nitrogens is 2. The van der Waals surface area contributed by atoms with Crippen molar-refractivity contribution in [1.29, 1.82) is 0 Å². The molecule has 2 N–H and O–H groups in total. The first kappa shape index (κ1) is 17.2. The Labute approximate surface area is 147 Å². The van der Waals surface area contributed by atoms with E-state index in [1.807, 2.05) is 24.8 Å². The standard InChI is InChI=1S/C17H22N4O2.ClH/c1-9(2)15-14-12(17(22)21-6-5-11(18)8-21)7-13(10-3-4-10)19-16(14)23-20-15;/h7,9-11H,3-6,8,18H2,1-2H3;1H/t11-;/m1./s1. The first-order valence-corrected chi connectivity index (χ1v) is 8.39. The summed E-state index contributed by atoms with van der Waals surface area (Å²) in [7, 11) is 0. The highest BCUT2D eigenvalue weighted by molar-refractivity contribution is 6.06. The Hall–Kier alpha value is -1.66. The molecule has 0 spiro atoms. The summed E-state index contributed by atoms with van der Waals surface area (Å²) in [6.45, 7) is 5.42. The van der Waals surface area contributed by atoms with E-state index in [1.165, 1.54) is 0 Å². The van der Waals surface area contributed by atoms with E-state index in [-0.39, 0.29) is 30.3 Å². The number of fused-ring (bicyclic) bond motifs is 1. The highest BCUT2D eigenvalue weighted by Crippen LogP contribution is 2.41. The third-order valence-corrected chi connectivity index (χ3v) is 4.78. The largest absolute Gasteiger partial charge is 0.337 e. The van der Waals surface area contributed by atoms with Gasteiger partial charge in [-0.05, 0) is 31.2 Å². The van der Waals surface area contributed by atoms with Gasteiger partial charge in [0.25, 0.3) is 11.6 Å². The van der Waals surface area contributed by atoms with Gasteiger partial charge in [-0.2, -0.15) is 0 Å². The lowest BCUT2D eigenvalue weighted by molar-refractivity contribution is 0.0792. The maximum absolute atomic E-state index is 13.0. The van der Waals surface area contributed by atoms with E-state index >= 15 is 0 Å². The molecule has 1 atom stereocenters. The SMILES string of the molecule is CC(C)c1noc2nc(C3CC3)cc(C(=O)N3CC[C@@H](N)C3)c12.Cl. The number of amides is 1. The molecule has 2 aromatic rings. The van der Waals surface area contributed by atoms with Crippen LogP contribution in [0.25, 0.3) is 11.1 Å². The van der Waals surface area contributed by atoms with Gasteiger partial charge >= 0.3 is 0 Å². The molecule has 0 bridgehead atoms. The van der Waals surface area contributed by atoms with Crippen molar-refractivity contribution < 1.29 is 9.32 Å². The number of rotatable bonds is 3. The maximum atomic E-state index is 13.0. The van der Waals surface area contributed by atoms with Gasteiger partial charge in [-0.1, -0.05) is 19.0 Å². The van der Waals surface area contributed by atoms with Crippen molar-refractivity contribution in [3.05, 3.63) is 23.0 Å². The second-order valence-electron chi connectivity index (χ2n) is 7.07. The van der Waals surface area contributed by atoms with Crippen molar-refractivity contribution in [3.8, 4) is 0 Å². The molecule has 3 heterocycles. The van der Waals surface area contributed by atoms with Crippen LogP contribution in [0.15, 0.2) is 10.6 Å². The zero-order valence-corrected chi connectivity index (χ0v) is 14.8. The Balaban J connectivity index is 0.00000169. The van der Waals surface area contributed by atoms with E-state index in [0.29, 0.717) is 30.3 Å². The zero-order valence-electron chi connectivity index (χ0n) is 14.0. The lowest BCUT2D eigenvalue weighted by Crippen LogP contribution is -2.32. The Morgan fingerprint density at radius 2 is 2.12 bits per heavy atom. The van der Waals surface area contributed by atoms with Crippen LogP contribution >= 0.6 is 12.4 Å². The normalized spacial score (nSPS) is 20.7. The van der Waals surface area contributed by atoms with Crippen LogP contribution in [-0.2, 0) is 0 Å². The molecule has 2 fully saturated rings. The van der Waals surface area contributed by atoms with Gasteiger partial charge in [0.15, 0.2) is 0 Å². The van der Waals surface area contributed by atoms with Crippen LogP contribution in [0.2, 0.25) is 0 Å². The highest BCUT2D eigenvalue weighted by atomic mass is 35.5. The van der Waals surface area contributed by atoms with Crippen molar-refractivity contribution in [2.45, 2.75) is 51.0 Å².